The first-order valence-electron chi connectivity index (χ1n) is 5.41. The summed E-state index contributed by atoms with van der Waals surface area (Å²) >= 11 is 2.82. The summed E-state index contributed by atoms with van der Waals surface area (Å²) in [6, 6.07) is 1.87. The first-order valence-corrected chi connectivity index (χ1v) is 7.69. The molecule has 0 saturated heterocycles. The smallest absolute Gasteiger partial charge is 0.338 e. The quantitative estimate of drug-likeness (QED) is 0.870. The lowest BCUT2D eigenvalue weighted by Crippen LogP contribution is -2.34. The summed E-state index contributed by atoms with van der Waals surface area (Å²) < 4.78 is 40.0. The normalized spacial score (nSPS) is 17.2. The lowest BCUT2D eigenvalue weighted by atomic mass is 10.2. The topological polar surface area (TPSA) is 83.5 Å². The molecule has 1 aliphatic rings. The maximum Gasteiger partial charge on any atom is 0.338 e. The van der Waals surface area contributed by atoms with Crippen molar-refractivity contribution in [2.45, 2.75) is 30.2 Å². The Morgan fingerprint density at radius 2 is 2.05 bits per heavy atom. The first kappa shape index (κ1) is 14.4. The van der Waals surface area contributed by atoms with Crippen LogP contribution in [-0.4, -0.2) is 25.0 Å². The molecule has 2 N–H and O–H groups in total. The molecule has 0 bridgehead atoms. The van der Waals surface area contributed by atoms with Crippen LogP contribution in [0.1, 0.15) is 30.1 Å². The molecule has 8 heteroatoms. The molecule has 0 heterocycles. The Morgan fingerprint density at radius 3 is 2.53 bits per heavy atom. The fraction of sp³-hybridized carbons (Fsp3) is 0.364. The van der Waals surface area contributed by atoms with Gasteiger partial charge in [-0.25, -0.2) is 22.3 Å². The van der Waals surface area contributed by atoms with E-state index in [1.807, 2.05) is 0 Å². The number of carboxylic acids is 1. The van der Waals surface area contributed by atoms with Gasteiger partial charge in [0.05, 0.1) is 14.9 Å². The summed E-state index contributed by atoms with van der Waals surface area (Å²) in [5.74, 6) is -2.52. The number of sulfonamides is 1. The summed E-state index contributed by atoms with van der Waals surface area (Å²) in [5, 5.41) is 8.85. The maximum atomic E-state index is 13.5. The summed E-state index contributed by atoms with van der Waals surface area (Å²) in [6.07, 6.45) is 1.45. The monoisotopic (exact) mass is 351 g/mol. The highest BCUT2D eigenvalue weighted by Crippen LogP contribution is 2.36. The molecule has 0 amide bonds. The molecule has 104 valence electrons. The SMILES string of the molecule is CC1(NS(=O)(=O)c2cc(Br)c(F)c(C(=O)O)c2)CC1. The van der Waals surface area contributed by atoms with Crippen molar-refractivity contribution in [1.29, 1.82) is 0 Å². The number of benzene rings is 1. The van der Waals surface area contributed by atoms with Gasteiger partial charge < -0.3 is 5.11 Å². The Hall–Kier alpha value is -0.990. The van der Waals surface area contributed by atoms with Gasteiger partial charge in [-0.15, -0.1) is 0 Å². The second-order valence-corrected chi connectivity index (χ2v) is 7.27. The summed E-state index contributed by atoms with van der Waals surface area (Å²) in [5.41, 5.74) is -1.17. The van der Waals surface area contributed by atoms with Crippen LogP contribution in [0, 0.1) is 5.82 Å². The van der Waals surface area contributed by atoms with Gasteiger partial charge >= 0.3 is 5.97 Å². The number of hydrogen-bond acceptors (Lipinski definition) is 3. The van der Waals surface area contributed by atoms with Crippen LogP contribution in [0.2, 0.25) is 0 Å². The Morgan fingerprint density at radius 1 is 1.47 bits per heavy atom. The highest BCUT2D eigenvalue weighted by atomic mass is 79.9. The highest BCUT2D eigenvalue weighted by molar-refractivity contribution is 9.10. The van der Waals surface area contributed by atoms with E-state index in [1.54, 1.807) is 6.92 Å². The fourth-order valence-corrected chi connectivity index (χ4v) is 3.68. The van der Waals surface area contributed by atoms with Crippen LogP contribution < -0.4 is 4.72 Å². The van der Waals surface area contributed by atoms with Crippen molar-refractivity contribution in [2.75, 3.05) is 0 Å². The minimum Gasteiger partial charge on any atom is -0.478 e. The van der Waals surface area contributed by atoms with Crippen molar-refractivity contribution in [3.05, 3.63) is 28.0 Å². The molecular formula is C11H11BrFNO4S. The molecule has 1 aromatic rings. The molecule has 0 unspecified atom stereocenters. The van der Waals surface area contributed by atoms with E-state index in [1.165, 1.54) is 0 Å². The summed E-state index contributed by atoms with van der Waals surface area (Å²) in [6.45, 7) is 1.75. The van der Waals surface area contributed by atoms with Crippen molar-refractivity contribution in [1.82, 2.24) is 4.72 Å². The molecule has 2 rings (SSSR count). The van der Waals surface area contributed by atoms with E-state index < -0.39 is 32.9 Å². The zero-order valence-corrected chi connectivity index (χ0v) is 12.3. The van der Waals surface area contributed by atoms with E-state index in [0.29, 0.717) is 0 Å². The molecule has 5 nitrogen and oxygen atoms in total. The maximum absolute atomic E-state index is 13.5. The van der Waals surface area contributed by atoms with E-state index >= 15 is 0 Å². The van der Waals surface area contributed by atoms with Gasteiger partial charge in [0.25, 0.3) is 0 Å². The predicted molar refractivity (Wildman–Crippen MR) is 69.0 cm³/mol. The zero-order chi connectivity index (χ0) is 14.4. The minimum absolute atomic E-state index is 0.200. The molecule has 0 aliphatic heterocycles. The van der Waals surface area contributed by atoms with E-state index in [2.05, 4.69) is 20.7 Å². The lowest BCUT2D eigenvalue weighted by Gasteiger charge is -2.13. The van der Waals surface area contributed by atoms with Crippen molar-refractivity contribution in [2.24, 2.45) is 0 Å². The zero-order valence-electron chi connectivity index (χ0n) is 9.91. The molecule has 19 heavy (non-hydrogen) atoms. The molecule has 1 aromatic carbocycles. The first-order chi connectivity index (χ1) is 8.65. The highest BCUT2D eigenvalue weighted by Gasteiger charge is 2.41. The van der Waals surface area contributed by atoms with Gasteiger partial charge in [0.2, 0.25) is 10.0 Å². The molecular weight excluding hydrogens is 341 g/mol. The number of nitrogens with one attached hydrogen (secondary N) is 1. The van der Waals surface area contributed by atoms with Crippen LogP contribution in [0.25, 0.3) is 0 Å². The Kier molecular flexibility index (Phi) is 3.44. The van der Waals surface area contributed by atoms with Gasteiger partial charge in [-0.1, -0.05) is 0 Å². The molecule has 1 saturated carbocycles. The van der Waals surface area contributed by atoms with Crippen LogP contribution in [0.15, 0.2) is 21.5 Å². The molecule has 0 atom stereocenters. The number of carboxylic acid groups (broad SMARTS) is 1. The third kappa shape index (κ3) is 2.96. The second kappa shape index (κ2) is 4.53. The van der Waals surface area contributed by atoms with Gasteiger partial charge in [0.1, 0.15) is 0 Å². The van der Waals surface area contributed by atoms with Crippen molar-refractivity contribution in [3.63, 3.8) is 0 Å². The minimum atomic E-state index is -3.86. The largest absolute Gasteiger partial charge is 0.478 e. The standard InChI is InChI=1S/C11H11BrFNO4S/c1-11(2-3-11)14-19(17,18)6-4-7(10(15)16)9(13)8(12)5-6/h4-5,14H,2-3H2,1H3,(H,15,16). The summed E-state index contributed by atoms with van der Waals surface area (Å²) in [4.78, 5) is 10.6. The Balaban J connectivity index is 2.48. The van der Waals surface area contributed by atoms with Gasteiger partial charge in [-0.05, 0) is 47.8 Å². The molecule has 0 spiro atoms. The van der Waals surface area contributed by atoms with Crippen LogP contribution in [0.4, 0.5) is 4.39 Å². The second-order valence-electron chi connectivity index (χ2n) is 4.74. The average molecular weight is 352 g/mol. The van der Waals surface area contributed by atoms with Crippen molar-refractivity contribution in [3.8, 4) is 0 Å². The molecule has 1 fully saturated rings. The Labute approximate surface area is 118 Å². The molecule has 0 aromatic heterocycles. The van der Waals surface area contributed by atoms with Crippen LogP contribution in [-0.2, 0) is 10.0 Å². The number of halogens is 2. The van der Waals surface area contributed by atoms with Crippen molar-refractivity contribution >= 4 is 31.9 Å². The summed E-state index contributed by atoms with van der Waals surface area (Å²) in [7, 11) is -3.86. The number of aromatic carboxylic acids is 1. The molecule has 1 aliphatic carbocycles. The average Bonchev–Trinajstić information content (AvgIpc) is 2.98. The third-order valence-electron chi connectivity index (χ3n) is 2.92. The van der Waals surface area contributed by atoms with Crippen molar-refractivity contribution < 1.29 is 22.7 Å². The van der Waals surface area contributed by atoms with E-state index in [0.717, 1.165) is 25.0 Å². The molecule has 0 radical (unpaired) electrons. The van der Waals surface area contributed by atoms with Gasteiger partial charge in [0, 0.05) is 5.54 Å². The van der Waals surface area contributed by atoms with Gasteiger partial charge in [-0.3, -0.25) is 0 Å². The predicted octanol–water partition coefficient (Wildman–Crippen LogP) is 2.12. The number of rotatable bonds is 4. The van der Waals surface area contributed by atoms with Gasteiger partial charge in [-0.2, -0.15) is 0 Å². The van der Waals surface area contributed by atoms with E-state index in [4.69, 9.17) is 5.11 Å². The number of hydrogen-bond donors (Lipinski definition) is 2. The van der Waals surface area contributed by atoms with Gasteiger partial charge in [0.15, 0.2) is 5.82 Å². The van der Waals surface area contributed by atoms with E-state index in [-0.39, 0.29) is 9.37 Å². The third-order valence-corrected chi connectivity index (χ3v) is 5.12. The Bertz CT molecular complexity index is 655. The van der Waals surface area contributed by atoms with E-state index in [9.17, 15) is 17.6 Å². The lowest BCUT2D eigenvalue weighted by molar-refractivity contribution is 0.0691. The van der Waals surface area contributed by atoms with Crippen LogP contribution >= 0.6 is 15.9 Å². The van der Waals surface area contributed by atoms with Crippen LogP contribution in [0.3, 0.4) is 0 Å². The van der Waals surface area contributed by atoms with Crippen LogP contribution in [0.5, 0.6) is 0 Å². The fourth-order valence-electron chi connectivity index (χ4n) is 1.55. The number of carbonyl (C=O) groups is 1.